The zero-order chi connectivity index (χ0) is 21.2. The number of aromatic amines is 1. The molecule has 0 saturated carbocycles. The molecule has 0 fully saturated rings. The SMILES string of the molecule is COc1ccc([C@@H](NCc2nc3sc4c(c3c(=O)[nH]2)CCCC4)c2ccccc2)cc1. The van der Waals surface area contributed by atoms with Gasteiger partial charge in [-0.3, -0.25) is 10.1 Å². The Balaban J connectivity index is 1.45. The predicted molar refractivity (Wildman–Crippen MR) is 125 cm³/mol. The van der Waals surface area contributed by atoms with E-state index in [1.54, 1.807) is 18.4 Å². The van der Waals surface area contributed by atoms with Gasteiger partial charge in [0, 0.05) is 4.88 Å². The smallest absolute Gasteiger partial charge is 0.259 e. The van der Waals surface area contributed by atoms with Crippen molar-refractivity contribution in [1.29, 1.82) is 0 Å². The van der Waals surface area contributed by atoms with Gasteiger partial charge in [-0.25, -0.2) is 4.98 Å². The van der Waals surface area contributed by atoms with E-state index in [0.29, 0.717) is 12.4 Å². The highest BCUT2D eigenvalue weighted by Crippen LogP contribution is 2.33. The summed E-state index contributed by atoms with van der Waals surface area (Å²) < 4.78 is 5.30. The molecule has 1 atom stereocenters. The number of H-pyrrole nitrogens is 1. The summed E-state index contributed by atoms with van der Waals surface area (Å²) in [4.78, 5) is 22.9. The maximum absolute atomic E-state index is 12.9. The summed E-state index contributed by atoms with van der Waals surface area (Å²) in [5.74, 6) is 1.50. The number of benzene rings is 2. The van der Waals surface area contributed by atoms with Gasteiger partial charge in [-0.2, -0.15) is 0 Å². The number of rotatable bonds is 6. The molecule has 1 aliphatic rings. The van der Waals surface area contributed by atoms with Crippen LogP contribution in [0.5, 0.6) is 5.75 Å². The lowest BCUT2D eigenvalue weighted by atomic mass is 9.97. The quantitative estimate of drug-likeness (QED) is 0.462. The number of nitrogens with one attached hydrogen (secondary N) is 2. The highest BCUT2D eigenvalue weighted by Gasteiger charge is 2.20. The lowest BCUT2D eigenvalue weighted by Gasteiger charge is -2.20. The van der Waals surface area contributed by atoms with Crippen molar-refractivity contribution in [3.05, 3.63) is 92.3 Å². The molecule has 31 heavy (non-hydrogen) atoms. The van der Waals surface area contributed by atoms with Gasteiger partial charge in [0.1, 0.15) is 16.4 Å². The fourth-order valence-corrected chi connectivity index (χ4v) is 5.64. The van der Waals surface area contributed by atoms with E-state index in [9.17, 15) is 4.79 Å². The van der Waals surface area contributed by atoms with Gasteiger partial charge >= 0.3 is 0 Å². The highest BCUT2D eigenvalue weighted by atomic mass is 32.1. The summed E-state index contributed by atoms with van der Waals surface area (Å²) in [7, 11) is 1.67. The Morgan fingerprint density at radius 3 is 2.58 bits per heavy atom. The van der Waals surface area contributed by atoms with Crippen LogP contribution in [0, 0.1) is 0 Å². The molecule has 5 rings (SSSR count). The number of hydrogen-bond acceptors (Lipinski definition) is 5. The second-order valence-corrected chi connectivity index (χ2v) is 8.99. The van der Waals surface area contributed by atoms with E-state index in [1.165, 1.54) is 16.9 Å². The highest BCUT2D eigenvalue weighted by molar-refractivity contribution is 7.18. The third kappa shape index (κ3) is 4.01. The van der Waals surface area contributed by atoms with E-state index < -0.39 is 0 Å². The number of aromatic nitrogens is 2. The molecule has 4 aromatic rings. The standard InChI is InChI=1S/C25H25N3O2S/c1-30-18-13-11-17(12-14-18)23(16-7-3-2-4-8-16)26-15-21-27-24(29)22-19-9-5-6-10-20(19)31-25(22)28-21/h2-4,7-8,11-14,23,26H,5-6,9-10,15H2,1H3,(H,27,28,29)/t23-/m0/s1. The molecule has 0 unspecified atom stereocenters. The minimum Gasteiger partial charge on any atom is -0.497 e. The molecule has 158 valence electrons. The topological polar surface area (TPSA) is 67.0 Å². The minimum absolute atomic E-state index is 0.0121. The first-order valence-electron chi connectivity index (χ1n) is 10.7. The van der Waals surface area contributed by atoms with Crippen LogP contribution in [0.3, 0.4) is 0 Å². The molecule has 0 aliphatic heterocycles. The summed E-state index contributed by atoms with van der Waals surface area (Å²) in [6, 6.07) is 18.3. The van der Waals surface area contributed by atoms with Crippen molar-refractivity contribution in [2.75, 3.05) is 7.11 Å². The van der Waals surface area contributed by atoms with Crippen molar-refractivity contribution in [2.24, 2.45) is 0 Å². The molecule has 0 saturated heterocycles. The summed E-state index contributed by atoms with van der Waals surface area (Å²) in [5, 5.41) is 4.39. The van der Waals surface area contributed by atoms with Crippen molar-refractivity contribution in [1.82, 2.24) is 15.3 Å². The number of thiophene rings is 1. The third-order valence-electron chi connectivity index (χ3n) is 5.93. The average Bonchev–Trinajstić information content (AvgIpc) is 3.19. The first-order chi connectivity index (χ1) is 15.2. The van der Waals surface area contributed by atoms with Crippen molar-refractivity contribution < 1.29 is 4.74 Å². The van der Waals surface area contributed by atoms with Crippen LogP contribution in [-0.2, 0) is 19.4 Å². The van der Waals surface area contributed by atoms with Crippen LogP contribution >= 0.6 is 11.3 Å². The van der Waals surface area contributed by atoms with Crippen LogP contribution < -0.4 is 15.6 Å². The van der Waals surface area contributed by atoms with Crippen molar-refractivity contribution in [3.8, 4) is 5.75 Å². The van der Waals surface area contributed by atoms with Gasteiger partial charge in [0.25, 0.3) is 5.56 Å². The van der Waals surface area contributed by atoms with Gasteiger partial charge in [0.15, 0.2) is 0 Å². The number of hydrogen-bond donors (Lipinski definition) is 2. The average molecular weight is 432 g/mol. The molecule has 2 N–H and O–H groups in total. The summed E-state index contributed by atoms with van der Waals surface area (Å²) in [5.41, 5.74) is 3.49. The molecular formula is C25H25N3O2S. The number of methoxy groups -OCH3 is 1. The van der Waals surface area contributed by atoms with E-state index in [0.717, 1.165) is 46.4 Å². The Morgan fingerprint density at radius 1 is 1.06 bits per heavy atom. The molecule has 0 bridgehead atoms. The summed E-state index contributed by atoms with van der Waals surface area (Å²) >= 11 is 1.69. The van der Waals surface area contributed by atoms with Gasteiger partial charge in [-0.05, 0) is 54.5 Å². The van der Waals surface area contributed by atoms with Gasteiger partial charge in [-0.1, -0.05) is 42.5 Å². The molecule has 1 aliphatic carbocycles. The molecule has 0 amide bonds. The van der Waals surface area contributed by atoms with Crippen molar-refractivity contribution in [3.63, 3.8) is 0 Å². The van der Waals surface area contributed by atoms with Crippen LogP contribution in [-0.4, -0.2) is 17.1 Å². The molecule has 2 heterocycles. The lowest BCUT2D eigenvalue weighted by molar-refractivity contribution is 0.414. The molecular weight excluding hydrogens is 406 g/mol. The molecule has 0 radical (unpaired) electrons. The number of ether oxygens (including phenoxy) is 1. The Morgan fingerprint density at radius 2 is 1.81 bits per heavy atom. The zero-order valence-corrected chi connectivity index (χ0v) is 18.3. The van der Waals surface area contributed by atoms with Gasteiger partial charge < -0.3 is 9.72 Å². The Hall–Kier alpha value is -2.96. The van der Waals surface area contributed by atoms with Gasteiger partial charge in [0.05, 0.1) is 25.1 Å². The first-order valence-corrected chi connectivity index (χ1v) is 11.5. The Kier molecular flexibility index (Phi) is 5.57. The maximum atomic E-state index is 12.9. The molecule has 2 aromatic heterocycles. The third-order valence-corrected chi connectivity index (χ3v) is 7.12. The minimum atomic E-state index is -0.0235. The van der Waals surface area contributed by atoms with Gasteiger partial charge in [-0.15, -0.1) is 11.3 Å². The van der Waals surface area contributed by atoms with Crippen molar-refractivity contribution in [2.45, 2.75) is 38.3 Å². The Labute approximate surface area is 185 Å². The van der Waals surface area contributed by atoms with E-state index in [-0.39, 0.29) is 11.6 Å². The predicted octanol–water partition coefficient (Wildman–Crippen LogP) is 4.75. The monoisotopic (exact) mass is 431 g/mol. The molecule has 2 aromatic carbocycles. The van der Waals surface area contributed by atoms with E-state index >= 15 is 0 Å². The second-order valence-electron chi connectivity index (χ2n) is 7.90. The van der Waals surface area contributed by atoms with Gasteiger partial charge in [0.2, 0.25) is 0 Å². The molecule has 5 nitrogen and oxygen atoms in total. The lowest BCUT2D eigenvalue weighted by Crippen LogP contribution is -2.25. The van der Waals surface area contributed by atoms with Crippen LogP contribution in [0.25, 0.3) is 10.2 Å². The zero-order valence-electron chi connectivity index (χ0n) is 17.5. The van der Waals surface area contributed by atoms with E-state index in [1.807, 2.05) is 30.3 Å². The Bertz CT molecular complexity index is 1250. The fourth-order valence-electron chi connectivity index (χ4n) is 4.36. The first kappa shape index (κ1) is 20.0. The normalized spacial score (nSPS) is 14.4. The molecule has 0 spiro atoms. The van der Waals surface area contributed by atoms with Crippen LogP contribution in [0.2, 0.25) is 0 Å². The number of fused-ring (bicyclic) bond motifs is 3. The number of aryl methyl sites for hydroxylation is 2. The second kappa shape index (κ2) is 8.65. The van der Waals surface area contributed by atoms with Crippen LogP contribution in [0.15, 0.2) is 59.4 Å². The van der Waals surface area contributed by atoms with Crippen LogP contribution in [0.1, 0.15) is 46.3 Å². The summed E-state index contributed by atoms with van der Waals surface area (Å²) in [6.45, 7) is 0.472. The van der Waals surface area contributed by atoms with Crippen molar-refractivity contribution >= 4 is 21.6 Å². The van der Waals surface area contributed by atoms with E-state index in [2.05, 4.69) is 34.6 Å². The fraction of sp³-hybridized carbons (Fsp3) is 0.280. The number of nitrogens with zero attached hydrogens (tertiary/aromatic N) is 1. The summed E-state index contributed by atoms with van der Waals surface area (Å²) in [6.07, 6.45) is 4.41. The maximum Gasteiger partial charge on any atom is 0.259 e. The van der Waals surface area contributed by atoms with Crippen LogP contribution in [0.4, 0.5) is 0 Å². The largest absolute Gasteiger partial charge is 0.497 e. The molecule has 6 heteroatoms. The van der Waals surface area contributed by atoms with E-state index in [4.69, 9.17) is 9.72 Å².